The number of carbonyl (C=O) groups is 2. The second-order valence-electron chi connectivity index (χ2n) is 3.98. The Morgan fingerprint density at radius 3 is 2.12 bits per heavy atom. The quantitative estimate of drug-likeness (QED) is 0.673. The molecule has 0 rings (SSSR count). The molecule has 0 aliphatic rings. The Morgan fingerprint density at radius 1 is 1.29 bits per heavy atom. The lowest BCUT2D eigenvalue weighted by atomic mass is 10.2. The molecule has 0 aliphatic heterocycles. The topological polar surface area (TPSA) is 57.6 Å². The molecule has 0 radical (unpaired) electrons. The Labute approximate surface area is 106 Å². The van der Waals surface area contributed by atoms with Gasteiger partial charge in [-0.05, 0) is 13.8 Å². The molecule has 0 saturated carbocycles. The minimum Gasteiger partial charge on any atom is -0.480 e. The van der Waals surface area contributed by atoms with Crippen molar-refractivity contribution < 1.29 is 14.7 Å². The van der Waals surface area contributed by atoms with Gasteiger partial charge in [0.1, 0.15) is 4.75 Å². The lowest BCUT2D eigenvalue weighted by Crippen LogP contribution is -2.35. The van der Waals surface area contributed by atoms with Crippen LogP contribution >= 0.6 is 11.8 Å². The van der Waals surface area contributed by atoms with Crippen molar-refractivity contribution in [3.8, 4) is 0 Å². The van der Waals surface area contributed by atoms with Crippen LogP contribution in [0.3, 0.4) is 0 Å². The van der Waals surface area contributed by atoms with Crippen molar-refractivity contribution in [1.29, 1.82) is 0 Å². The van der Waals surface area contributed by atoms with Gasteiger partial charge in [0.15, 0.2) is 0 Å². The first-order valence-electron chi connectivity index (χ1n) is 5.22. The summed E-state index contributed by atoms with van der Waals surface area (Å²) in [6.45, 7) is 11.2. The van der Waals surface area contributed by atoms with Gasteiger partial charge in [-0.15, -0.1) is 24.9 Å². The van der Waals surface area contributed by atoms with Crippen molar-refractivity contribution in [1.82, 2.24) is 4.90 Å². The Kier molecular flexibility index (Phi) is 6.65. The molecule has 0 aromatic carbocycles. The number of hydrogen-bond acceptors (Lipinski definition) is 3. The Balaban J connectivity index is 4.36. The van der Waals surface area contributed by atoms with Gasteiger partial charge in [0, 0.05) is 13.1 Å². The van der Waals surface area contributed by atoms with Crippen LogP contribution in [0.25, 0.3) is 0 Å². The zero-order valence-electron chi connectivity index (χ0n) is 10.3. The van der Waals surface area contributed by atoms with Gasteiger partial charge in [-0.2, -0.15) is 0 Å². The SMILES string of the molecule is C=CCN(CC=C)C(=O)CSC(C)(C)C(=O)O. The standard InChI is InChI=1S/C12H19NO3S/c1-5-7-13(8-6-2)10(14)9-17-12(3,4)11(15)16/h5-6H,1-2,7-9H2,3-4H3,(H,15,16). The predicted molar refractivity (Wildman–Crippen MR) is 71.1 cm³/mol. The van der Waals surface area contributed by atoms with Crippen molar-refractivity contribution in [3.63, 3.8) is 0 Å². The zero-order chi connectivity index (χ0) is 13.5. The highest BCUT2D eigenvalue weighted by atomic mass is 32.2. The summed E-state index contributed by atoms with van der Waals surface area (Å²) in [5.74, 6) is -0.889. The molecular formula is C12H19NO3S. The lowest BCUT2D eigenvalue weighted by molar-refractivity contribution is -0.138. The van der Waals surface area contributed by atoms with Crippen LogP contribution in [0.1, 0.15) is 13.8 Å². The monoisotopic (exact) mass is 257 g/mol. The fourth-order valence-corrected chi connectivity index (χ4v) is 1.78. The molecule has 0 aliphatic carbocycles. The van der Waals surface area contributed by atoms with E-state index in [9.17, 15) is 9.59 Å². The van der Waals surface area contributed by atoms with Crippen LogP contribution in [-0.4, -0.2) is 45.5 Å². The first kappa shape index (κ1) is 15.8. The van der Waals surface area contributed by atoms with Gasteiger partial charge >= 0.3 is 5.97 Å². The maximum absolute atomic E-state index is 11.8. The molecule has 1 amide bonds. The van der Waals surface area contributed by atoms with E-state index in [0.29, 0.717) is 13.1 Å². The number of carboxylic acid groups (broad SMARTS) is 1. The normalized spacial score (nSPS) is 10.7. The summed E-state index contributed by atoms with van der Waals surface area (Å²) >= 11 is 1.12. The highest BCUT2D eigenvalue weighted by Gasteiger charge is 2.29. The van der Waals surface area contributed by atoms with Crippen molar-refractivity contribution in [2.45, 2.75) is 18.6 Å². The van der Waals surface area contributed by atoms with E-state index in [4.69, 9.17) is 5.11 Å². The van der Waals surface area contributed by atoms with Crippen LogP contribution in [0, 0.1) is 0 Å². The lowest BCUT2D eigenvalue weighted by Gasteiger charge is -2.22. The summed E-state index contributed by atoms with van der Waals surface area (Å²) in [5, 5.41) is 8.92. The molecule has 0 unspecified atom stereocenters. The molecule has 1 N–H and O–H groups in total. The average molecular weight is 257 g/mol. The van der Waals surface area contributed by atoms with E-state index in [2.05, 4.69) is 13.2 Å². The van der Waals surface area contributed by atoms with Gasteiger partial charge < -0.3 is 10.0 Å². The average Bonchev–Trinajstić information content (AvgIpc) is 2.25. The third kappa shape index (κ3) is 5.58. The maximum Gasteiger partial charge on any atom is 0.319 e. The number of hydrogen-bond donors (Lipinski definition) is 1. The smallest absolute Gasteiger partial charge is 0.319 e. The number of amides is 1. The van der Waals surface area contributed by atoms with E-state index in [-0.39, 0.29) is 11.7 Å². The molecule has 0 atom stereocenters. The minimum absolute atomic E-state index is 0.107. The summed E-state index contributed by atoms with van der Waals surface area (Å²) in [7, 11) is 0. The summed E-state index contributed by atoms with van der Waals surface area (Å²) in [4.78, 5) is 24.3. The number of rotatable bonds is 8. The molecule has 17 heavy (non-hydrogen) atoms. The van der Waals surface area contributed by atoms with Gasteiger partial charge in [0.25, 0.3) is 0 Å². The van der Waals surface area contributed by atoms with Crippen LogP contribution in [0.15, 0.2) is 25.3 Å². The van der Waals surface area contributed by atoms with Crippen LogP contribution < -0.4 is 0 Å². The van der Waals surface area contributed by atoms with Crippen LogP contribution in [0.2, 0.25) is 0 Å². The van der Waals surface area contributed by atoms with Gasteiger partial charge in [-0.1, -0.05) is 12.2 Å². The van der Waals surface area contributed by atoms with Crippen molar-refractivity contribution in [3.05, 3.63) is 25.3 Å². The fraction of sp³-hybridized carbons (Fsp3) is 0.500. The van der Waals surface area contributed by atoms with Gasteiger partial charge in [0.05, 0.1) is 5.75 Å². The molecule has 0 aromatic rings. The molecule has 0 fully saturated rings. The Bertz CT molecular complexity index is 303. The molecule has 96 valence electrons. The number of thioether (sulfide) groups is 1. The molecule has 0 aromatic heterocycles. The molecule has 0 heterocycles. The van der Waals surface area contributed by atoms with Crippen LogP contribution in [0.4, 0.5) is 0 Å². The van der Waals surface area contributed by atoms with Crippen LogP contribution in [-0.2, 0) is 9.59 Å². The van der Waals surface area contributed by atoms with Crippen LogP contribution in [0.5, 0.6) is 0 Å². The second kappa shape index (κ2) is 7.17. The molecule has 0 saturated heterocycles. The number of carboxylic acids is 1. The van der Waals surface area contributed by atoms with Gasteiger partial charge in [-0.3, -0.25) is 9.59 Å². The van der Waals surface area contributed by atoms with E-state index >= 15 is 0 Å². The summed E-state index contributed by atoms with van der Waals surface area (Å²) in [6, 6.07) is 0. The fourth-order valence-electron chi connectivity index (χ4n) is 0.985. The minimum atomic E-state index is -0.955. The predicted octanol–water partition coefficient (Wildman–Crippen LogP) is 1.78. The zero-order valence-corrected chi connectivity index (χ0v) is 11.1. The van der Waals surface area contributed by atoms with Crippen molar-refractivity contribution >= 4 is 23.6 Å². The molecule has 4 nitrogen and oxygen atoms in total. The molecule has 0 spiro atoms. The molecule has 0 bridgehead atoms. The first-order chi connectivity index (χ1) is 7.85. The van der Waals surface area contributed by atoms with E-state index in [1.54, 1.807) is 30.9 Å². The van der Waals surface area contributed by atoms with Crippen molar-refractivity contribution in [2.75, 3.05) is 18.8 Å². The summed E-state index contributed by atoms with van der Waals surface area (Å²) < 4.78 is -0.955. The third-order valence-corrected chi connectivity index (χ3v) is 3.41. The Hall–Kier alpha value is -1.23. The van der Waals surface area contributed by atoms with E-state index in [1.807, 2.05) is 0 Å². The Morgan fingerprint density at radius 2 is 1.76 bits per heavy atom. The van der Waals surface area contributed by atoms with Gasteiger partial charge in [-0.25, -0.2) is 0 Å². The van der Waals surface area contributed by atoms with Crippen molar-refractivity contribution in [2.24, 2.45) is 0 Å². The number of nitrogens with zero attached hydrogens (tertiary/aromatic N) is 1. The maximum atomic E-state index is 11.8. The number of aliphatic carboxylic acids is 1. The number of carbonyl (C=O) groups excluding carboxylic acids is 1. The highest BCUT2D eigenvalue weighted by Crippen LogP contribution is 2.24. The van der Waals surface area contributed by atoms with E-state index in [1.165, 1.54) is 0 Å². The third-order valence-electron chi connectivity index (χ3n) is 2.12. The van der Waals surface area contributed by atoms with E-state index < -0.39 is 10.7 Å². The molecular weight excluding hydrogens is 238 g/mol. The highest BCUT2D eigenvalue weighted by molar-refractivity contribution is 8.01. The largest absolute Gasteiger partial charge is 0.480 e. The summed E-state index contributed by atoms with van der Waals surface area (Å²) in [6.07, 6.45) is 3.27. The first-order valence-corrected chi connectivity index (χ1v) is 6.20. The van der Waals surface area contributed by atoms with Gasteiger partial charge in [0.2, 0.25) is 5.91 Å². The second-order valence-corrected chi connectivity index (χ2v) is 5.58. The molecule has 5 heteroatoms. The summed E-state index contributed by atoms with van der Waals surface area (Å²) in [5.41, 5.74) is 0. The van der Waals surface area contributed by atoms with E-state index in [0.717, 1.165) is 11.8 Å².